The van der Waals surface area contributed by atoms with Crippen LogP contribution >= 0.6 is 0 Å². The van der Waals surface area contributed by atoms with Crippen molar-refractivity contribution < 1.29 is 14.9 Å². The number of nitrogen functional groups attached to an aromatic ring is 1. The number of tetrazole rings is 1. The maximum Gasteiger partial charge on any atom is 0.227 e. The fourth-order valence-electron chi connectivity index (χ4n) is 5.38. The van der Waals surface area contributed by atoms with Gasteiger partial charge in [0.05, 0.1) is 12.9 Å². The number of imidazole rings is 1. The Balaban J connectivity index is 1.30. The molecule has 13 nitrogen and oxygen atoms in total. The van der Waals surface area contributed by atoms with Gasteiger partial charge >= 0.3 is 0 Å². The van der Waals surface area contributed by atoms with Crippen molar-refractivity contribution in [3.05, 3.63) is 12.2 Å². The molecule has 2 saturated carbocycles. The molecule has 2 aliphatic carbocycles. The first-order valence-electron chi connectivity index (χ1n) is 11.1. The molecule has 3 unspecified atom stereocenters. The third-order valence-corrected chi connectivity index (χ3v) is 7.02. The van der Waals surface area contributed by atoms with Crippen LogP contribution in [0, 0.1) is 11.8 Å². The van der Waals surface area contributed by atoms with E-state index in [2.05, 4.69) is 35.7 Å². The molecule has 7 atom stereocenters. The number of aromatic nitrogens is 8. The van der Waals surface area contributed by atoms with Gasteiger partial charge in [-0.25, -0.2) is 4.98 Å². The molecule has 0 amide bonds. The van der Waals surface area contributed by atoms with E-state index in [-0.39, 0.29) is 11.6 Å². The summed E-state index contributed by atoms with van der Waals surface area (Å²) in [4.78, 5) is 14.7. The lowest BCUT2D eigenvalue weighted by molar-refractivity contribution is -0.0384. The molecule has 32 heavy (non-hydrogen) atoms. The van der Waals surface area contributed by atoms with Crippen molar-refractivity contribution in [2.24, 2.45) is 11.8 Å². The second-order valence-corrected chi connectivity index (χ2v) is 8.95. The average molecular weight is 442 g/mol. The highest BCUT2D eigenvalue weighted by molar-refractivity contribution is 5.83. The van der Waals surface area contributed by atoms with E-state index in [0.717, 1.165) is 12.3 Å². The van der Waals surface area contributed by atoms with Gasteiger partial charge in [-0.2, -0.15) is 14.8 Å². The van der Waals surface area contributed by atoms with Gasteiger partial charge in [0, 0.05) is 6.04 Å². The Morgan fingerprint density at radius 1 is 1.22 bits per heavy atom. The Morgan fingerprint density at radius 3 is 2.81 bits per heavy atom. The van der Waals surface area contributed by atoms with Crippen LogP contribution in [-0.2, 0) is 11.3 Å². The lowest BCUT2D eigenvalue weighted by Crippen LogP contribution is -2.29. The first-order valence-corrected chi connectivity index (χ1v) is 11.1. The van der Waals surface area contributed by atoms with Crippen LogP contribution in [0.25, 0.3) is 11.2 Å². The van der Waals surface area contributed by atoms with Gasteiger partial charge in [-0.1, -0.05) is 6.42 Å². The lowest BCUT2D eigenvalue weighted by atomic mass is 9.95. The Bertz CT molecular complexity index is 1150. The molecule has 6 rings (SSSR count). The number of aryl methyl sites for hydroxylation is 1. The summed E-state index contributed by atoms with van der Waals surface area (Å²) in [6.45, 7) is 2.40. The van der Waals surface area contributed by atoms with E-state index < -0.39 is 24.5 Å². The van der Waals surface area contributed by atoms with E-state index in [9.17, 15) is 10.2 Å². The average Bonchev–Trinajstić information content (AvgIpc) is 3.59. The van der Waals surface area contributed by atoms with E-state index in [1.807, 2.05) is 6.92 Å². The van der Waals surface area contributed by atoms with Gasteiger partial charge in [0.25, 0.3) is 0 Å². The highest BCUT2D eigenvalue weighted by Gasteiger charge is 2.47. The number of nitrogens with zero attached hydrogens (tertiary/aromatic N) is 8. The summed E-state index contributed by atoms with van der Waals surface area (Å²) in [6, 6.07) is 0.341. The molecule has 3 aromatic rings. The van der Waals surface area contributed by atoms with Gasteiger partial charge in [-0.15, -0.1) is 10.2 Å². The Hall–Kier alpha value is -2.90. The standard InChI is InChI=1S/C19H26N10O3/c1-2-29-26-16(25-27-29)14-12(30)13(31)18(32-14)28-7-21-11-15(20)23-19(24-17(11)28)22-10-6-8-3-4-9(10)5-8/h7-10,12-14,18,30-31H,2-6H2,1H3,(H3,20,22,23,24)/t8?,9?,10?,12-,13+,14-,18+/m0/s1. The van der Waals surface area contributed by atoms with Crippen LogP contribution in [0.3, 0.4) is 0 Å². The van der Waals surface area contributed by atoms with Gasteiger partial charge in [0.15, 0.2) is 23.8 Å². The quantitative estimate of drug-likeness (QED) is 0.419. The van der Waals surface area contributed by atoms with Crippen LogP contribution < -0.4 is 11.1 Å². The van der Waals surface area contributed by atoms with Crippen LogP contribution in [0.4, 0.5) is 11.8 Å². The molecule has 4 heterocycles. The zero-order valence-corrected chi connectivity index (χ0v) is 17.6. The van der Waals surface area contributed by atoms with Gasteiger partial charge in [-0.3, -0.25) is 4.57 Å². The minimum atomic E-state index is -1.25. The summed E-state index contributed by atoms with van der Waals surface area (Å²) in [5.41, 5.74) is 7.00. The van der Waals surface area contributed by atoms with E-state index in [1.54, 1.807) is 4.57 Å². The van der Waals surface area contributed by atoms with Crippen molar-refractivity contribution >= 4 is 22.9 Å². The van der Waals surface area contributed by atoms with E-state index in [4.69, 9.17) is 10.5 Å². The highest BCUT2D eigenvalue weighted by Crippen LogP contribution is 2.45. The predicted molar refractivity (Wildman–Crippen MR) is 111 cm³/mol. The van der Waals surface area contributed by atoms with Crippen molar-refractivity contribution in [2.75, 3.05) is 11.1 Å². The predicted octanol–water partition coefficient (Wildman–Crippen LogP) is 0.00730. The highest BCUT2D eigenvalue weighted by atomic mass is 16.6. The van der Waals surface area contributed by atoms with Gasteiger partial charge in [-0.05, 0) is 43.2 Å². The van der Waals surface area contributed by atoms with E-state index in [0.29, 0.717) is 35.6 Å². The number of rotatable bonds is 5. The van der Waals surface area contributed by atoms with E-state index >= 15 is 0 Å². The number of aliphatic hydroxyl groups excluding tert-OH is 2. The molecule has 0 radical (unpaired) electrons. The molecule has 1 aliphatic heterocycles. The van der Waals surface area contributed by atoms with Crippen LogP contribution in [-0.4, -0.2) is 68.2 Å². The molecule has 0 spiro atoms. The second kappa shape index (κ2) is 7.32. The maximum atomic E-state index is 10.7. The smallest absolute Gasteiger partial charge is 0.227 e. The number of anilines is 2. The maximum absolute atomic E-state index is 10.7. The summed E-state index contributed by atoms with van der Waals surface area (Å²) >= 11 is 0. The van der Waals surface area contributed by atoms with Crippen molar-refractivity contribution in [2.45, 2.75) is 69.7 Å². The minimum Gasteiger partial charge on any atom is -0.387 e. The number of ether oxygens (including phenoxy) is 1. The topological polar surface area (TPSA) is 175 Å². The zero-order valence-electron chi connectivity index (χ0n) is 17.6. The lowest BCUT2D eigenvalue weighted by Gasteiger charge is -2.23. The SMILES string of the molecule is CCn1nnc([C@H]2O[C@@H](n3cnc4c(N)nc(NC5CC6CCC5C6)nc43)[C@H](O)[C@@H]2O)n1. The molecule has 3 fully saturated rings. The van der Waals surface area contributed by atoms with Gasteiger partial charge in [0.1, 0.15) is 17.7 Å². The fourth-order valence-corrected chi connectivity index (χ4v) is 5.38. The molecule has 13 heteroatoms. The molecule has 3 aliphatic rings. The first kappa shape index (κ1) is 19.8. The van der Waals surface area contributed by atoms with Crippen LogP contribution in [0.15, 0.2) is 6.33 Å². The minimum absolute atomic E-state index is 0.207. The largest absolute Gasteiger partial charge is 0.387 e. The molecular weight excluding hydrogens is 416 g/mol. The summed E-state index contributed by atoms with van der Waals surface area (Å²) in [5.74, 6) is 2.32. The molecule has 5 N–H and O–H groups in total. The number of aliphatic hydroxyl groups is 2. The van der Waals surface area contributed by atoms with Gasteiger partial charge < -0.3 is 26.0 Å². The third-order valence-electron chi connectivity index (χ3n) is 7.02. The van der Waals surface area contributed by atoms with Crippen LogP contribution in [0.2, 0.25) is 0 Å². The monoisotopic (exact) mass is 442 g/mol. The number of nitrogens with one attached hydrogen (secondary N) is 1. The van der Waals surface area contributed by atoms with Crippen molar-refractivity contribution in [1.29, 1.82) is 0 Å². The molecule has 2 bridgehead atoms. The summed E-state index contributed by atoms with van der Waals surface area (Å²) < 4.78 is 7.53. The van der Waals surface area contributed by atoms with Crippen molar-refractivity contribution in [3.8, 4) is 0 Å². The molecule has 0 aromatic carbocycles. The van der Waals surface area contributed by atoms with Gasteiger partial charge in [0.2, 0.25) is 11.8 Å². The van der Waals surface area contributed by atoms with Crippen molar-refractivity contribution in [1.82, 2.24) is 39.7 Å². The Morgan fingerprint density at radius 2 is 2.09 bits per heavy atom. The number of fused-ring (bicyclic) bond motifs is 3. The summed E-state index contributed by atoms with van der Waals surface area (Å²) in [6.07, 6.45) is 2.03. The summed E-state index contributed by atoms with van der Waals surface area (Å²) in [7, 11) is 0. The Labute approximate surface area is 183 Å². The molecule has 3 aromatic heterocycles. The molecule has 1 saturated heterocycles. The molecular formula is C19H26N10O3. The summed E-state index contributed by atoms with van der Waals surface area (Å²) in [5, 5.41) is 36.8. The normalized spacial score (nSPS) is 34.0. The third kappa shape index (κ3) is 3.03. The Kier molecular flexibility index (Phi) is 4.52. The zero-order chi connectivity index (χ0) is 22.0. The fraction of sp³-hybridized carbons (Fsp3) is 0.684. The number of hydrogen-bond acceptors (Lipinski definition) is 11. The van der Waals surface area contributed by atoms with E-state index in [1.165, 1.54) is 30.4 Å². The van der Waals surface area contributed by atoms with Crippen LogP contribution in [0.1, 0.15) is 50.8 Å². The number of nitrogens with two attached hydrogens (primary N) is 1. The molecule has 170 valence electrons. The first-order chi connectivity index (χ1) is 15.5. The van der Waals surface area contributed by atoms with Crippen molar-refractivity contribution in [3.63, 3.8) is 0 Å². The number of hydrogen-bond donors (Lipinski definition) is 4. The second-order valence-electron chi connectivity index (χ2n) is 8.95. The van der Waals surface area contributed by atoms with Crippen LogP contribution in [0.5, 0.6) is 0 Å².